The van der Waals surface area contributed by atoms with Crippen LogP contribution in [0, 0.1) is 76.2 Å². The largest absolute Gasteiger partial charge is 0.322 e. The van der Waals surface area contributed by atoms with Crippen molar-refractivity contribution in [2.75, 3.05) is 0 Å². The summed E-state index contributed by atoms with van der Waals surface area (Å²) in [7, 11) is 1.28. The standard InChI is InChI=1S/C22H24N2.C16H19BN2O2S.2C16H20N2.C16H14O2.C8H8O/c1-16-6-10-18(11-7-16)20-21(19-12-8-17(2)9-13-19)24-22(23-20)14-4-3-5-15-22;1-11-3-7-13(8-4-11)15(18)16(19-22(17,20)21)14-9-5-12(2)6-10-14;3*1-11-3-7-13(8-4-11)15(17)16(18)14-9-5-12(2)6-10-14;1-7-2-4-8(6-9)5-3-7/h6-13H,3-5,14-15H2,1-2H3;3-10,15-16,19H,18H2,1-2H3;2*3-10,15-16H,17-18H2,1-2H3;3-10H,1-2H3;2-6H,1H3/t;2*15-,16-;;;/m.00.../s1. The normalized spacial score (nSPS) is 14.3. The molecular weight excluding hydrogens is 1360 g/mol. The topological polar surface area (TPSA) is 252 Å². The molecule has 13 rings (SSSR count). The molecule has 2 radical (unpaired) electrons. The van der Waals surface area contributed by atoms with Gasteiger partial charge in [0.05, 0.1) is 23.5 Å². The van der Waals surface area contributed by atoms with Gasteiger partial charge in [-0.1, -0.05) is 335 Å². The number of carbonyl (C=O) groups excluding carboxylic acids is 3. The Morgan fingerprint density at radius 3 is 0.807 bits per heavy atom. The molecule has 560 valence electrons. The fourth-order valence-electron chi connectivity index (χ4n) is 12.3. The van der Waals surface area contributed by atoms with Crippen LogP contribution in [0.1, 0.15) is 205 Å². The van der Waals surface area contributed by atoms with Gasteiger partial charge in [0, 0.05) is 52.0 Å². The number of aliphatic imine (C=N–C) groups is 2. The monoisotopic (exact) mass is 1470 g/mol. The number of carbonyl (C=O) groups is 3. The Labute approximate surface area is 648 Å². The van der Waals surface area contributed by atoms with Gasteiger partial charge >= 0.3 is 0 Å². The highest BCUT2D eigenvalue weighted by Crippen LogP contribution is 2.39. The van der Waals surface area contributed by atoms with E-state index in [1.54, 1.807) is 24.3 Å². The molecule has 0 amide bonds. The summed E-state index contributed by atoms with van der Waals surface area (Å²) in [6.07, 6.45) is 6.78. The van der Waals surface area contributed by atoms with Gasteiger partial charge in [0.25, 0.3) is 7.12 Å². The van der Waals surface area contributed by atoms with Crippen molar-refractivity contribution in [3.8, 4) is 0 Å². The number of nitrogens with zero attached hydrogens (tertiary/aromatic N) is 2. The Morgan fingerprint density at radius 1 is 0.339 bits per heavy atom. The van der Waals surface area contributed by atoms with E-state index >= 15 is 0 Å². The number of nitrogens with two attached hydrogens (primary N) is 5. The van der Waals surface area contributed by atoms with Crippen LogP contribution in [-0.4, -0.2) is 50.5 Å². The average molecular weight is 1470 g/mol. The van der Waals surface area contributed by atoms with Crippen LogP contribution < -0.4 is 33.4 Å². The zero-order valence-corrected chi connectivity index (χ0v) is 65.6. The third-order valence-electron chi connectivity index (χ3n) is 19.4. The first kappa shape index (κ1) is 84.2. The fourth-order valence-corrected chi connectivity index (χ4v) is 12.9. The van der Waals surface area contributed by atoms with Gasteiger partial charge in [-0.15, -0.1) is 0 Å². The zero-order chi connectivity index (χ0) is 79.0. The number of nitrogens with one attached hydrogen (secondary N) is 1. The quantitative estimate of drug-likeness (QED) is 0.0218. The summed E-state index contributed by atoms with van der Waals surface area (Å²) in [6, 6.07) is 85.2. The van der Waals surface area contributed by atoms with Gasteiger partial charge in [-0.05, 0) is 135 Å². The van der Waals surface area contributed by atoms with Gasteiger partial charge in [0.1, 0.15) is 16.2 Å². The maximum atomic E-state index is 12.0. The minimum atomic E-state index is -3.87. The maximum Gasteiger partial charge on any atom is 0.277 e. The molecule has 11 aromatic rings. The highest BCUT2D eigenvalue weighted by atomic mass is 32.2. The van der Waals surface area contributed by atoms with E-state index in [0.29, 0.717) is 11.1 Å². The van der Waals surface area contributed by atoms with Crippen LogP contribution in [0.3, 0.4) is 0 Å². The van der Waals surface area contributed by atoms with E-state index in [1.807, 2.05) is 180 Å². The lowest BCUT2D eigenvalue weighted by Crippen LogP contribution is -2.35. The smallest absolute Gasteiger partial charge is 0.277 e. The molecule has 13 nitrogen and oxygen atoms in total. The van der Waals surface area contributed by atoms with Crippen molar-refractivity contribution in [1.29, 1.82) is 0 Å². The molecule has 1 fully saturated rings. The Bertz CT molecular complexity index is 4580. The Hall–Kier alpha value is -10.5. The molecule has 0 bridgehead atoms. The molecule has 2 aliphatic rings. The third-order valence-corrected chi connectivity index (χ3v) is 20.0. The average Bonchev–Trinajstić information content (AvgIpc) is 1.62. The SMILES string of the molecule is Cc1ccc(C(=O)C(=O)c2ccc(C)cc2)cc1.Cc1ccc(C(N)C(N)c2ccc(C)cc2)cc1.Cc1ccc(C2=NC3(CCCCC3)N=C2c2ccc(C)cc2)cc1.Cc1ccc(C=O)cc1.Cc1ccc([C@H](N)[C@@H](N)c2ccc(C)cc2)cc1.[B]S(=O)(=O)N[C@@H](c1ccc(C)cc1)[C@@H](N)c1ccc(C)cc1. The summed E-state index contributed by atoms with van der Waals surface area (Å²) in [4.78, 5) is 44.4. The Morgan fingerprint density at radius 2 is 0.560 bits per heavy atom. The molecule has 1 heterocycles. The van der Waals surface area contributed by atoms with Crippen LogP contribution in [-0.2, 0) is 9.87 Å². The summed E-state index contributed by atoms with van der Waals surface area (Å²) in [5.74, 6) is -0.919. The van der Waals surface area contributed by atoms with Crippen LogP contribution >= 0.6 is 0 Å². The van der Waals surface area contributed by atoms with Crippen LogP contribution in [0.5, 0.6) is 0 Å². The van der Waals surface area contributed by atoms with Crippen molar-refractivity contribution in [3.63, 3.8) is 0 Å². The molecule has 0 saturated heterocycles. The summed E-state index contributed by atoms with van der Waals surface area (Å²) in [6.45, 7) is 22.3. The van der Waals surface area contributed by atoms with E-state index < -0.39 is 33.5 Å². The zero-order valence-electron chi connectivity index (χ0n) is 64.8. The second kappa shape index (κ2) is 40.1. The molecule has 1 saturated carbocycles. The van der Waals surface area contributed by atoms with E-state index in [1.165, 1.54) is 69.3 Å². The first-order valence-electron chi connectivity index (χ1n) is 37.0. The number of aldehydes is 1. The minimum Gasteiger partial charge on any atom is -0.322 e. The van der Waals surface area contributed by atoms with Crippen molar-refractivity contribution in [2.24, 2.45) is 38.7 Å². The lowest BCUT2D eigenvalue weighted by atomic mass is 9.90. The molecule has 1 aliphatic heterocycles. The first-order chi connectivity index (χ1) is 52.0. The summed E-state index contributed by atoms with van der Waals surface area (Å²) in [5, 5.41) is 0. The van der Waals surface area contributed by atoms with Crippen LogP contribution in [0.15, 0.2) is 277 Å². The maximum absolute atomic E-state index is 12.0. The second-order valence-corrected chi connectivity index (χ2v) is 30.2. The highest BCUT2D eigenvalue weighted by molar-refractivity contribution is 8.10. The van der Waals surface area contributed by atoms with Gasteiger partial charge in [-0.3, -0.25) is 24.4 Å². The lowest BCUT2D eigenvalue weighted by Gasteiger charge is -2.27. The van der Waals surface area contributed by atoms with E-state index in [-0.39, 0.29) is 29.8 Å². The fraction of sp³-hybridized carbons (Fsp3) is 0.245. The Kier molecular flexibility index (Phi) is 31.0. The van der Waals surface area contributed by atoms with Gasteiger partial charge < -0.3 is 28.7 Å². The van der Waals surface area contributed by atoms with Crippen molar-refractivity contribution in [2.45, 2.75) is 150 Å². The number of hydrogen-bond acceptors (Lipinski definition) is 12. The number of rotatable bonds is 17. The van der Waals surface area contributed by atoms with E-state index in [2.05, 4.69) is 143 Å². The molecule has 0 aromatic heterocycles. The molecule has 6 atom stereocenters. The minimum absolute atomic E-state index is 0.173. The summed E-state index contributed by atoms with van der Waals surface area (Å²) >= 11 is 0. The molecule has 15 heteroatoms. The summed E-state index contributed by atoms with van der Waals surface area (Å²) in [5.41, 5.74) is 56.0. The first-order valence-corrected chi connectivity index (χ1v) is 38.6. The molecule has 11 aromatic carbocycles. The van der Waals surface area contributed by atoms with Crippen molar-refractivity contribution in [3.05, 3.63) is 389 Å². The predicted molar refractivity (Wildman–Crippen MR) is 451 cm³/mol. The Balaban J connectivity index is 0.000000167. The molecule has 1 spiro atoms. The summed E-state index contributed by atoms with van der Waals surface area (Å²) < 4.78 is 25.4. The highest BCUT2D eigenvalue weighted by Gasteiger charge is 2.38. The molecule has 2 unspecified atom stereocenters. The van der Waals surface area contributed by atoms with Gasteiger partial charge in [0.2, 0.25) is 11.6 Å². The third kappa shape index (κ3) is 25.6. The number of Topliss-reactive ketones (excluding diaryl/α,β-unsaturated/α-hetero) is 2. The number of benzene rings is 11. The number of ketones is 2. The molecule has 11 N–H and O–H groups in total. The van der Waals surface area contributed by atoms with Crippen LogP contribution in [0.2, 0.25) is 0 Å². The van der Waals surface area contributed by atoms with Gasteiger partial charge in [0.15, 0.2) is 5.66 Å². The van der Waals surface area contributed by atoms with E-state index in [9.17, 15) is 22.8 Å². The van der Waals surface area contributed by atoms with Crippen molar-refractivity contribution in [1.82, 2.24) is 4.72 Å². The van der Waals surface area contributed by atoms with Gasteiger partial charge in [-0.25, -0.2) is 13.1 Å². The van der Waals surface area contributed by atoms with E-state index in [4.69, 9.17) is 45.8 Å². The van der Waals surface area contributed by atoms with Crippen molar-refractivity contribution >= 4 is 46.3 Å². The van der Waals surface area contributed by atoms with E-state index in [0.717, 1.165) is 91.7 Å². The van der Waals surface area contributed by atoms with Gasteiger partial charge in [-0.2, -0.15) is 0 Å². The predicted octanol–water partition coefficient (Wildman–Crippen LogP) is 18.5. The number of hydrogen-bond donors (Lipinski definition) is 6. The van der Waals surface area contributed by atoms with Crippen LogP contribution in [0.4, 0.5) is 0 Å². The molecule has 109 heavy (non-hydrogen) atoms. The molecule has 1 aliphatic carbocycles. The number of aryl methyl sites for hydroxylation is 11. The lowest BCUT2D eigenvalue weighted by molar-refractivity contribution is 0.0817. The molecular formula is C94H105BN8O5S. The van der Waals surface area contributed by atoms with Crippen LogP contribution in [0.25, 0.3) is 0 Å². The second-order valence-electron chi connectivity index (χ2n) is 28.8. The van der Waals surface area contributed by atoms with Crippen molar-refractivity contribution < 1.29 is 22.8 Å².